The Hall–Kier alpha value is 0.440. The molecule has 0 N–H and O–H groups in total. The fraction of sp³-hybridized carbons (Fsp3) is 0.750. The van der Waals surface area contributed by atoms with Crippen LogP contribution in [0.5, 0.6) is 0 Å². The normalized spacial score (nSPS) is 27.5. The molecule has 0 saturated carbocycles. The molecule has 0 bridgehead atoms. The maximum atomic E-state index is 2.28. The van der Waals surface area contributed by atoms with Crippen LogP contribution in [0.15, 0.2) is 12.2 Å². The average Bonchev–Trinajstić information content (AvgIpc) is 2.03. The van der Waals surface area contributed by atoms with E-state index in [1.54, 1.807) is 0 Å². The van der Waals surface area contributed by atoms with Crippen molar-refractivity contribution in [2.24, 2.45) is 0 Å². The predicted molar refractivity (Wildman–Crippen MR) is 52.5 cm³/mol. The van der Waals surface area contributed by atoms with E-state index in [1.807, 2.05) is 10.8 Å². The molecule has 1 atom stereocenters. The third-order valence-electron chi connectivity index (χ3n) is 1.59. The van der Waals surface area contributed by atoms with Crippen molar-refractivity contribution in [2.75, 3.05) is 5.75 Å². The van der Waals surface area contributed by atoms with Crippen molar-refractivity contribution in [1.82, 2.24) is 0 Å². The van der Waals surface area contributed by atoms with Gasteiger partial charge < -0.3 is 0 Å². The highest BCUT2D eigenvalue weighted by atomic mass is 33.1. The monoisotopic (exact) mass is 174 g/mol. The molecule has 10 heavy (non-hydrogen) atoms. The molecule has 0 aromatic carbocycles. The molecule has 1 unspecified atom stereocenters. The van der Waals surface area contributed by atoms with Crippen LogP contribution in [0.2, 0.25) is 0 Å². The van der Waals surface area contributed by atoms with E-state index in [0.717, 1.165) is 5.25 Å². The molecule has 0 nitrogen and oxygen atoms in total. The van der Waals surface area contributed by atoms with E-state index in [0.29, 0.717) is 0 Å². The average molecular weight is 174 g/mol. The summed E-state index contributed by atoms with van der Waals surface area (Å²) in [7, 11) is 4.10. The molecule has 2 heteroatoms. The third-order valence-corrected chi connectivity index (χ3v) is 4.61. The minimum absolute atomic E-state index is 0.898. The summed E-state index contributed by atoms with van der Waals surface area (Å²) in [6, 6.07) is 0. The second kappa shape index (κ2) is 5.14. The SMILES string of the molecule is CC=CCC1CCCSS1. The van der Waals surface area contributed by atoms with E-state index in [2.05, 4.69) is 29.9 Å². The summed E-state index contributed by atoms with van der Waals surface area (Å²) in [6.45, 7) is 2.10. The van der Waals surface area contributed by atoms with Crippen molar-refractivity contribution in [3.8, 4) is 0 Å². The predicted octanol–water partition coefficient (Wildman–Crippen LogP) is 3.50. The lowest BCUT2D eigenvalue weighted by Crippen LogP contribution is -2.04. The molecule has 0 aromatic heterocycles. The van der Waals surface area contributed by atoms with Gasteiger partial charge in [-0.15, -0.1) is 0 Å². The highest BCUT2D eigenvalue weighted by molar-refractivity contribution is 8.77. The molecule has 1 rings (SSSR count). The van der Waals surface area contributed by atoms with E-state index in [-0.39, 0.29) is 0 Å². The Morgan fingerprint density at radius 2 is 2.50 bits per heavy atom. The number of rotatable bonds is 2. The molecule has 0 spiro atoms. The molecule has 58 valence electrons. The van der Waals surface area contributed by atoms with Crippen LogP contribution >= 0.6 is 21.6 Å². The summed E-state index contributed by atoms with van der Waals surface area (Å²) >= 11 is 0. The topological polar surface area (TPSA) is 0 Å². The zero-order chi connectivity index (χ0) is 7.23. The van der Waals surface area contributed by atoms with Crippen molar-refractivity contribution >= 4 is 21.6 Å². The molecule has 1 saturated heterocycles. The fourth-order valence-electron chi connectivity index (χ4n) is 1.01. The lowest BCUT2D eigenvalue weighted by molar-refractivity contribution is 0.750. The largest absolute Gasteiger partial charge is 0.0939 e. The lowest BCUT2D eigenvalue weighted by atomic mass is 10.2. The number of hydrogen-bond donors (Lipinski definition) is 0. The summed E-state index contributed by atoms with van der Waals surface area (Å²) < 4.78 is 0. The first-order valence-corrected chi connectivity index (χ1v) is 6.21. The smallest absolute Gasteiger partial charge is 0.0186 e. The molecular formula is C8H14S2. The second-order valence-electron chi connectivity index (χ2n) is 2.49. The summed E-state index contributed by atoms with van der Waals surface area (Å²) in [6.07, 6.45) is 8.54. The highest BCUT2D eigenvalue weighted by Crippen LogP contribution is 2.37. The van der Waals surface area contributed by atoms with Crippen LogP contribution in [-0.4, -0.2) is 11.0 Å². The molecular weight excluding hydrogens is 160 g/mol. The minimum atomic E-state index is 0.898. The zero-order valence-electron chi connectivity index (χ0n) is 6.38. The van der Waals surface area contributed by atoms with Gasteiger partial charge >= 0.3 is 0 Å². The second-order valence-corrected chi connectivity index (χ2v) is 5.27. The summed E-state index contributed by atoms with van der Waals surface area (Å²) in [5, 5.41) is 0.898. The molecule has 1 heterocycles. The van der Waals surface area contributed by atoms with Crippen molar-refractivity contribution in [3.05, 3.63) is 12.2 Å². The highest BCUT2D eigenvalue weighted by Gasteiger charge is 2.12. The van der Waals surface area contributed by atoms with Gasteiger partial charge in [-0.2, -0.15) is 0 Å². The maximum absolute atomic E-state index is 2.28. The maximum Gasteiger partial charge on any atom is 0.0186 e. The van der Waals surface area contributed by atoms with Gasteiger partial charge in [0.15, 0.2) is 0 Å². The van der Waals surface area contributed by atoms with Gasteiger partial charge in [-0.25, -0.2) is 0 Å². The summed E-state index contributed by atoms with van der Waals surface area (Å²) in [5.41, 5.74) is 0. The first-order chi connectivity index (χ1) is 4.93. The number of hydrogen-bond acceptors (Lipinski definition) is 2. The van der Waals surface area contributed by atoms with Crippen molar-refractivity contribution < 1.29 is 0 Å². The Kier molecular flexibility index (Phi) is 4.39. The summed E-state index contributed by atoms with van der Waals surface area (Å²) in [4.78, 5) is 0. The third kappa shape index (κ3) is 3.02. The Morgan fingerprint density at radius 3 is 3.10 bits per heavy atom. The zero-order valence-corrected chi connectivity index (χ0v) is 8.01. The Bertz CT molecular complexity index is 104. The van der Waals surface area contributed by atoms with Gasteiger partial charge in [0.05, 0.1) is 0 Å². The van der Waals surface area contributed by atoms with Gasteiger partial charge in [-0.1, -0.05) is 33.7 Å². The quantitative estimate of drug-likeness (QED) is 0.464. The first kappa shape index (κ1) is 8.54. The summed E-state index contributed by atoms with van der Waals surface area (Å²) in [5.74, 6) is 1.36. The molecule has 1 fully saturated rings. The van der Waals surface area contributed by atoms with Crippen molar-refractivity contribution in [1.29, 1.82) is 0 Å². The van der Waals surface area contributed by atoms with Crippen LogP contribution in [0.3, 0.4) is 0 Å². The van der Waals surface area contributed by atoms with E-state index < -0.39 is 0 Å². The molecule has 0 amide bonds. The van der Waals surface area contributed by atoms with Crippen LogP contribution in [0.25, 0.3) is 0 Å². The molecule has 0 aromatic rings. The standard InChI is InChI=1S/C8H14S2/c1-2-3-5-8-6-4-7-9-10-8/h2-3,8H,4-7H2,1H3. The Morgan fingerprint density at radius 1 is 1.60 bits per heavy atom. The van der Waals surface area contributed by atoms with E-state index >= 15 is 0 Å². The van der Waals surface area contributed by atoms with Crippen molar-refractivity contribution in [2.45, 2.75) is 31.4 Å². The first-order valence-electron chi connectivity index (χ1n) is 3.83. The van der Waals surface area contributed by atoms with E-state index in [9.17, 15) is 0 Å². The van der Waals surface area contributed by atoms with E-state index in [1.165, 1.54) is 25.0 Å². The molecule has 0 radical (unpaired) electrons. The van der Waals surface area contributed by atoms with Crippen LogP contribution in [0.4, 0.5) is 0 Å². The molecule has 1 aliphatic heterocycles. The van der Waals surface area contributed by atoms with Gasteiger partial charge in [0.2, 0.25) is 0 Å². The van der Waals surface area contributed by atoms with Gasteiger partial charge in [0, 0.05) is 11.0 Å². The molecule has 1 aliphatic rings. The van der Waals surface area contributed by atoms with Gasteiger partial charge in [0.1, 0.15) is 0 Å². The van der Waals surface area contributed by atoms with Crippen LogP contribution in [0, 0.1) is 0 Å². The minimum Gasteiger partial charge on any atom is -0.0939 e. The van der Waals surface area contributed by atoms with Crippen LogP contribution in [-0.2, 0) is 0 Å². The fourth-order valence-corrected chi connectivity index (χ4v) is 3.78. The Balaban J connectivity index is 2.13. The number of allylic oxidation sites excluding steroid dienone is 2. The van der Waals surface area contributed by atoms with Crippen LogP contribution < -0.4 is 0 Å². The lowest BCUT2D eigenvalue weighted by Gasteiger charge is -2.18. The van der Waals surface area contributed by atoms with Gasteiger partial charge in [-0.3, -0.25) is 0 Å². The van der Waals surface area contributed by atoms with Gasteiger partial charge in [-0.05, 0) is 26.2 Å². The Labute approximate surface area is 71.2 Å². The molecule has 0 aliphatic carbocycles. The van der Waals surface area contributed by atoms with Gasteiger partial charge in [0.25, 0.3) is 0 Å². The van der Waals surface area contributed by atoms with E-state index in [4.69, 9.17) is 0 Å². The van der Waals surface area contributed by atoms with Crippen LogP contribution in [0.1, 0.15) is 26.2 Å². The van der Waals surface area contributed by atoms with Crippen molar-refractivity contribution in [3.63, 3.8) is 0 Å².